The van der Waals surface area contributed by atoms with Gasteiger partial charge in [-0.2, -0.15) is 4.80 Å². The minimum atomic E-state index is -1.00. The van der Waals surface area contributed by atoms with Gasteiger partial charge in [0.05, 0.1) is 6.26 Å². The summed E-state index contributed by atoms with van der Waals surface area (Å²) in [6.45, 7) is 5.50. The van der Waals surface area contributed by atoms with Crippen molar-refractivity contribution < 1.29 is 18.4 Å². The third kappa shape index (κ3) is 5.18. The van der Waals surface area contributed by atoms with Crippen LogP contribution in [0, 0.1) is 20.8 Å². The second-order valence-corrected chi connectivity index (χ2v) is 9.44. The van der Waals surface area contributed by atoms with Crippen molar-refractivity contribution in [2.45, 2.75) is 65.1 Å². The fourth-order valence-electron chi connectivity index (χ4n) is 4.75. The molecule has 1 saturated carbocycles. The van der Waals surface area contributed by atoms with Crippen LogP contribution < -0.4 is 10.2 Å². The summed E-state index contributed by atoms with van der Waals surface area (Å²) in [5.41, 5.74) is 2.51. The predicted molar refractivity (Wildman–Crippen MR) is 136 cm³/mol. The number of carbonyl (C=O) groups is 2. The van der Waals surface area contributed by atoms with E-state index in [0.717, 1.165) is 42.6 Å². The Labute approximate surface area is 214 Å². The zero-order valence-corrected chi connectivity index (χ0v) is 21.2. The maximum atomic E-state index is 14.0. The summed E-state index contributed by atoms with van der Waals surface area (Å²) in [7, 11) is 0. The van der Waals surface area contributed by atoms with Crippen LogP contribution in [0.4, 0.5) is 5.69 Å². The van der Waals surface area contributed by atoms with Gasteiger partial charge in [-0.1, -0.05) is 25.0 Å². The lowest BCUT2D eigenvalue weighted by Crippen LogP contribution is -2.47. The number of rotatable bonds is 8. The summed E-state index contributed by atoms with van der Waals surface area (Å²) in [4.78, 5) is 30.4. The topological polar surface area (TPSA) is 119 Å². The molecule has 1 atom stereocenters. The zero-order chi connectivity index (χ0) is 25.9. The number of furan rings is 2. The van der Waals surface area contributed by atoms with E-state index < -0.39 is 6.04 Å². The molecule has 10 nitrogen and oxygen atoms in total. The summed E-state index contributed by atoms with van der Waals surface area (Å²) < 4.78 is 11.3. The van der Waals surface area contributed by atoms with Crippen LogP contribution in [0.3, 0.4) is 0 Å². The van der Waals surface area contributed by atoms with Crippen LogP contribution in [-0.4, -0.2) is 38.1 Å². The number of nitrogens with one attached hydrogen (secondary N) is 1. The average Bonchev–Trinajstić information content (AvgIpc) is 3.68. The Morgan fingerprint density at radius 2 is 1.92 bits per heavy atom. The third-order valence-electron chi connectivity index (χ3n) is 6.82. The fourth-order valence-corrected chi connectivity index (χ4v) is 4.75. The number of carbonyl (C=O) groups excluding carboxylic acids is 2. The monoisotopic (exact) mass is 502 g/mol. The van der Waals surface area contributed by atoms with E-state index in [9.17, 15) is 9.59 Å². The van der Waals surface area contributed by atoms with Gasteiger partial charge in [0.25, 0.3) is 11.8 Å². The molecule has 0 bridgehead atoms. The Morgan fingerprint density at radius 3 is 2.62 bits per heavy atom. The quantitative estimate of drug-likeness (QED) is 0.382. The van der Waals surface area contributed by atoms with Crippen LogP contribution in [0.5, 0.6) is 0 Å². The van der Waals surface area contributed by atoms with Crippen LogP contribution in [0.2, 0.25) is 0 Å². The molecule has 10 heteroatoms. The first-order chi connectivity index (χ1) is 17.9. The molecule has 0 aliphatic heterocycles. The maximum absolute atomic E-state index is 14.0. The Balaban J connectivity index is 1.51. The molecule has 2 amide bonds. The van der Waals surface area contributed by atoms with Gasteiger partial charge >= 0.3 is 0 Å². The first kappa shape index (κ1) is 24.5. The van der Waals surface area contributed by atoms with Crippen molar-refractivity contribution in [3.05, 3.63) is 71.4 Å². The van der Waals surface area contributed by atoms with Gasteiger partial charge in [0.1, 0.15) is 18.1 Å². The minimum Gasteiger partial charge on any atom is -0.467 e. The van der Waals surface area contributed by atoms with Crippen molar-refractivity contribution in [1.29, 1.82) is 0 Å². The predicted octanol–water partition coefficient (Wildman–Crippen LogP) is 4.28. The number of tetrazole rings is 1. The lowest BCUT2D eigenvalue weighted by molar-refractivity contribution is -0.128. The number of aromatic nitrogens is 4. The van der Waals surface area contributed by atoms with Crippen molar-refractivity contribution in [2.75, 3.05) is 4.90 Å². The molecule has 4 aromatic rings. The van der Waals surface area contributed by atoms with Gasteiger partial charge < -0.3 is 14.2 Å². The van der Waals surface area contributed by atoms with E-state index in [2.05, 4.69) is 20.7 Å². The Kier molecular flexibility index (Phi) is 6.89. The highest BCUT2D eigenvalue weighted by molar-refractivity contribution is 6.01. The smallest absolute Gasteiger partial charge is 0.251 e. The van der Waals surface area contributed by atoms with E-state index in [1.165, 1.54) is 16.0 Å². The van der Waals surface area contributed by atoms with E-state index in [1.807, 2.05) is 39.0 Å². The van der Waals surface area contributed by atoms with Crippen molar-refractivity contribution in [1.82, 2.24) is 25.5 Å². The van der Waals surface area contributed by atoms with E-state index in [4.69, 9.17) is 8.83 Å². The van der Waals surface area contributed by atoms with Crippen molar-refractivity contribution in [3.63, 3.8) is 0 Å². The lowest BCUT2D eigenvalue weighted by atomic mass is 10.0. The zero-order valence-electron chi connectivity index (χ0n) is 21.2. The molecule has 1 aliphatic carbocycles. The molecule has 1 fully saturated rings. The highest BCUT2D eigenvalue weighted by Gasteiger charge is 2.37. The number of aryl methyl sites for hydroxylation is 2. The molecule has 192 valence electrons. The van der Waals surface area contributed by atoms with Gasteiger partial charge in [0, 0.05) is 11.7 Å². The van der Waals surface area contributed by atoms with Gasteiger partial charge in [-0.3, -0.25) is 14.5 Å². The molecule has 5 rings (SSSR count). The third-order valence-corrected chi connectivity index (χ3v) is 6.82. The highest BCUT2D eigenvalue weighted by atomic mass is 16.3. The SMILES string of the molecule is Cc1ccc(-c2nnn(CC(=O)N(c3cccc(C)c3C)C(C(=O)NC3CCCC3)c3ccco3)n2)o1. The standard InChI is InChI=1S/C27H30N6O4/c1-17-8-6-11-21(19(17)3)33(24(34)16-32-30-26(29-31-32)23-14-13-18(2)37-23)25(22-12-7-15-36-22)27(35)28-20-9-4-5-10-20/h6-8,11-15,20,25H,4-5,9-10,16H2,1-3H3,(H,28,35). The van der Waals surface area contributed by atoms with Gasteiger partial charge in [-0.25, -0.2) is 0 Å². The van der Waals surface area contributed by atoms with Crippen LogP contribution in [-0.2, 0) is 16.1 Å². The second kappa shape index (κ2) is 10.4. The Hall–Kier alpha value is -4.21. The Morgan fingerprint density at radius 1 is 1.11 bits per heavy atom. The Bertz CT molecular complexity index is 1380. The van der Waals surface area contributed by atoms with Gasteiger partial charge in [-0.15, -0.1) is 10.2 Å². The number of nitrogens with zero attached hydrogens (tertiary/aromatic N) is 5. The molecule has 0 saturated heterocycles. The number of hydrogen-bond acceptors (Lipinski definition) is 7. The lowest BCUT2D eigenvalue weighted by Gasteiger charge is -2.32. The molecular formula is C27H30N6O4. The molecule has 0 radical (unpaired) electrons. The molecule has 1 aromatic carbocycles. The number of hydrogen-bond donors (Lipinski definition) is 1. The molecule has 3 aromatic heterocycles. The van der Waals surface area contributed by atoms with Crippen molar-refractivity contribution in [3.8, 4) is 11.6 Å². The molecule has 1 unspecified atom stereocenters. The highest BCUT2D eigenvalue weighted by Crippen LogP contribution is 2.33. The number of anilines is 1. The van der Waals surface area contributed by atoms with Crippen LogP contribution in [0.25, 0.3) is 11.6 Å². The summed E-state index contributed by atoms with van der Waals surface area (Å²) in [5.74, 6) is 1.18. The van der Waals surface area contributed by atoms with Gasteiger partial charge in [0.2, 0.25) is 5.82 Å². The van der Waals surface area contributed by atoms with E-state index >= 15 is 0 Å². The minimum absolute atomic E-state index is 0.0804. The maximum Gasteiger partial charge on any atom is 0.251 e. The molecule has 37 heavy (non-hydrogen) atoms. The second-order valence-electron chi connectivity index (χ2n) is 9.44. The van der Waals surface area contributed by atoms with Crippen molar-refractivity contribution >= 4 is 17.5 Å². The molecule has 0 spiro atoms. The summed E-state index contributed by atoms with van der Waals surface area (Å²) in [6, 6.07) is 11.8. The van der Waals surface area contributed by atoms with E-state index in [1.54, 1.807) is 24.3 Å². The van der Waals surface area contributed by atoms with Gasteiger partial charge in [0.15, 0.2) is 11.8 Å². The largest absolute Gasteiger partial charge is 0.467 e. The molecule has 1 N–H and O–H groups in total. The molecule has 1 aliphatic rings. The fraction of sp³-hybridized carbons (Fsp3) is 0.370. The van der Waals surface area contributed by atoms with Crippen LogP contribution in [0.1, 0.15) is 54.4 Å². The van der Waals surface area contributed by atoms with E-state index in [0.29, 0.717) is 17.2 Å². The first-order valence-electron chi connectivity index (χ1n) is 12.5. The average molecular weight is 503 g/mol. The number of amides is 2. The summed E-state index contributed by atoms with van der Waals surface area (Å²) >= 11 is 0. The van der Waals surface area contributed by atoms with E-state index in [-0.39, 0.29) is 30.2 Å². The first-order valence-corrected chi connectivity index (χ1v) is 12.5. The molecule has 3 heterocycles. The van der Waals surface area contributed by atoms with Gasteiger partial charge in [-0.05, 0) is 80.3 Å². The summed E-state index contributed by atoms with van der Waals surface area (Å²) in [5, 5.41) is 15.6. The van der Waals surface area contributed by atoms with Crippen molar-refractivity contribution in [2.24, 2.45) is 0 Å². The molecular weight excluding hydrogens is 472 g/mol. The van der Waals surface area contributed by atoms with Crippen LogP contribution in [0.15, 0.2) is 57.6 Å². The normalized spacial score (nSPS) is 14.6. The summed E-state index contributed by atoms with van der Waals surface area (Å²) in [6.07, 6.45) is 5.50. The number of benzene rings is 1. The van der Waals surface area contributed by atoms with Crippen LogP contribution >= 0.6 is 0 Å².